The van der Waals surface area contributed by atoms with E-state index >= 15 is 0 Å². The molecule has 0 bridgehead atoms. The van der Waals surface area contributed by atoms with Crippen molar-refractivity contribution in [3.63, 3.8) is 0 Å². The van der Waals surface area contributed by atoms with E-state index in [2.05, 4.69) is 25.3 Å². The van der Waals surface area contributed by atoms with Crippen LogP contribution < -0.4 is 5.32 Å². The lowest BCUT2D eigenvalue weighted by atomic mass is 10.0. The summed E-state index contributed by atoms with van der Waals surface area (Å²) in [6, 6.07) is 4.02. The van der Waals surface area contributed by atoms with E-state index in [4.69, 9.17) is 11.6 Å². The molecule has 1 atom stereocenters. The van der Waals surface area contributed by atoms with Gasteiger partial charge >= 0.3 is 0 Å². The first-order valence-corrected chi connectivity index (χ1v) is 9.42. The van der Waals surface area contributed by atoms with Crippen molar-refractivity contribution >= 4 is 27.4 Å². The summed E-state index contributed by atoms with van der Waals surface area (Å²) in [6.45, 7) is 2.03. The van der Waals surface area contributed by atoms with Crippen LogP contribution in [0.3, 0.4) is 0 Å². The first kappa shape index (κ1) is 17.6. The predicted molar refractivity (Wildman–Crippen MR) is 88.2 cm³/mol. The highest BCUT2D eigenvalue weighted by molar-refractivity contribution is 7.90. The number of hydrogen-bond acceptors (Lipinski definition) is 7. The van der Waals surface area contributed by atoms with Gasteiger partial charge in [-0.25, -0.2) is 8.42 Å². The molecule has 0 aliphatic rings. The number of halogens is 1. The van der Waals surface area contributed by atoms with E-state index < -0.39 is 9.84 Å². The summed E-state index contributed by atoms with van der Waals surface area (Å²) in [5.41, 5.74) is 1.19. The average Bonchev–Trinajstić information content (AvgIpc) is 2.51. The Hall–Kier alpha value is -1.80. The van der Waals surface area contributed by atoms with E-state index in [9.17, 15) is 8.42 Å². The smallest absolute Gasteiger partial charge is 0.252 e. The number of nitrogens with zero attached hydrogens (tertiary/aromatic N) is 4. The molecule has 2 rings (SSSR count). The van der Waals surface area contributed by atoms with Gasteiger partial charge in [0.1, 0.15) is 0 Å². The molecule has 1 unspecified atom stereocenters. The SMILES string of the molecule is CCC(CCc1ccncc1)Nc1nc(Cl)nc(S(C)(=O)=O)n1. The number of rotatable bonds is 7. The summed E-state index contributed by atoms with van der Waals surface area (Å²) in [5, 5.41) is 2.65. The summed E-state index contributed by atoms with van der Waals surface area (Å²) < 4.78 is 23.1. The summed E-state index contributed by atoms with van der Waals surface area (Å²) in [7, 11) is -3.54. The van der Waals surface area contributed by atoms with Crippen LogP contribution in [0, 0.1) is 0 Å². The summed E-state index contributed by atoms with van der Waals surface area (Å²) in [4.78, 5) is 15.5. The normalized spacial score (nSPS) is 12.8. The van der Waals surface area contributed by atoms with E-state index in [0.717, 1.165) is 25.5 Å². The van der Waals surface area contributed by atoms with Crippen molar-refractivity contribution in [3.8, 4) is 0 Å². The topological polar surface area (TPSA) is 97.7 Å². The standard InChI is InChI=1S/C14H18ClN5O2S/c1-3-11(5-4-10-6-8-16-9-7-10)17-13-18-12(15)19-14(20-13)23(2,21)22/h6-9,11H,3-5H2,1-2H3,(H,17,18,19,20). The van der Waals surface area contributed by atoms with Crippen LogP contribution in [-0.2, 0) is 16.3 Å². The molecule has 0 radical (unpaired) electrons. The van der Waals surface area contributed by atoms with E-state index in [0.29, 0.717) is 0 Å². The predicted octanol–water partition coefficient (Wildman–Crippen LogP) is 2.15. The van der Waals surface area contributed by atoms with Crippen molar-refractivity contribution in [2.75, 3.05) is 11.6 Å². The molecule has 0 amide bonds. The summed E-state index contributed by atoms with van der Waals surface area (Å²) in [6.07, 6.45) is 7.09. The quantitative estimate of drug-likeness (QED) is 0.812. The minimum absolute atomic E-state index is 0.0917. The van der Waals surface area contributed by atoms with Crippen LogP contribution in [0.4, 0.5) is 5.95 Å². The molecule has 1 N–H and O–H groups in total. The fourth-order valence-corrected chi connectivity index (χ4v) is 2.73. The molecule has 2 aromatic rings. The largest absolute Gasteiger partial charge is 0.351 e. The van der Waals surface area contributed by atoms with E-state index in [1.807, 2.05) is 19.1 Å². The molecule has 23 heavy (non-hydrogen) atoms. The van der Waals surface area contributed by atoms with Crippen molar-refractivity contribution in [1.29, 1.82) is 0 Å². The third kappa shape index (κ3) is 5.40. The van der Waals surface area contributed by atoms with E-state index in [-0.39, 0.29) is 22.4 Å². The summed E-state index contributed by atoms with van der Waals surface area (Å²) >= 11 is 5.78. The maximum absolute atomic E-state index is 11.6. The molecule has 0 saturated heterocycles. The number of hydrogen-bond donors (Lipinski definition) is 1. The van der Waals surface area contributed by atoms with Crippen molar-refractivity contribution < 1.29 is 8.42 Å². The Morgan fingerprint density at radius 1 is 1.22 bits per heavy atom. The zero-order valence-electron chi connectivity index (χ0n) is 12.9. The Labute approximate surface area is 140 Å². The Kier molecular flexibility index (Phi) is 5.84. The van der Waals surface area contributed by atoms with Gasteiger partial charge in [0, 0.05) is 24.7 Å². The number of aromatic nitrogens is 4. The molecule has 2 aromatic heterocycles. The second kappa shape index (κ2) is 7.65. The Bertz CT molecular complexity index is 755. The van der Waals surface area contributed by atoms with Gasteiger partial charge in [-0.05, 0) is 48.6 Å². The molecule has 2 heterocycles. The lowest BCUT2D eigenvalue weighted by Gasteiger charge is -2.17. The van der Waals surface area contributed by atoms with Gasteiger partial charge in [0.25, 0.3) is 5.16 Å². The van der Waals surface area contributed by atoms with Gasteiger partial charge in [-0.1, -0.05) is 6.92 Å². The van der Waals surface area contributed by atoms with Crippen LogP contribution >= 0.6 is 11.6 Å². The fourth-order valence-electron chi connectivity index (χ4n) is 2.01. The lowest BCUT2D eigenvalue weighted by molar-refractivity contribution is 0.590. The number of sulfone groups is 1. The first-order valence-electron chi connectivity index (χ1n) is 7.15. The van der Waals surface area contributed by atoms with E-state index in [1.165, 1.54) is 5.56 Å². The number of pyridine rings is 1. The minimum atomic E-state index is -3.54. The molecule has 0 aromatic carbocycles. The van der Waals surface area contributed by atoms with Crippen LogP contribution in [0.1, 0.15) is 25.3 Å². The van der Waals surface area contributed by atoms with Crippen LogP contribution in [0.15, 0.2) is 29.7 Å². The monoisotopic (exact) mass is 355 g/mol. The molecule has 7 nitrogen and oxygen atoms in total. The van der Waals surface area contributed by atoms with Gasteiger partial charge < -0.3 is 5.32 Å². The van der Waals surface area contributed by atoms with Gasteiger partial charge in [0.15, 0.2) is 0 Å². The molecule has 9 heteroatoms. The van der Waals surface area contributed by atoms with Crippen LogP contribution in [0.5, 0.6) is 0 Å². The van der Waals surface area contributed by atoms with Gasteiger partial charge in [-0.3, -0.25) is 4.98 Å². The third-order valence-electron chi connectivity index (χ3n) is 3.28. The molecule has 0 aliphatic carbocycles. The first-order chi connectivity index (χ1) is 10.9. The summed E-state index contributed by atoms with van der Waals surface area (Å²) in [5.74, 6) is 0.173. The van der Waals surface area contributed by atoms with Crippen molar-refractivity contribution in [1.82, 2.24) is 19.9 Å². The van der Waals surface area contributed by atoms with Gasteiger partial charge in [0.05, 0.1) is 0 Å². The molecule has 0 spiro atoms. The van der Waals surface area contributed by atoms with Crippen LogP contribution in [0.2, 0.25) is 5.28 Å². The Balaban J connectivity index is 2.08. The molecule has 0 fully saturated rings. The Morgan fingerprint density at radius 3 is 2.52 bits per heavy atom. The highest BCUT2D eigenvalue weighted by atomic mass is 35.5. The maximum atomic E-state index is 11.6. The third-order valence-corrected chi connectivity index (χ3v) is 4.29. The lowest BCUT2D eigenvalue weighted by Crippen LogP contribution is -2.22. The highest BCUT2D eigenvalue weighted by Gasteiger charge is 2.16. The van der Waals surface area contributed by atoms with E-state index in [1.54, 1.807) is 12.4 Å². The number of anilines is 1. The van der Waals surface area contributed by atoms with Crippen LogP contribution in [0.25, 0.3) is 0 Å². The zero-order valence-corrected chi connectivity index (χ0v) is 14.5. The second-order valence-corrected chi connectivity index (χ2v) is 7.37. The van der Waals surface area contributed by atoms with Gasteiger partial charge in [-0.15, -0.1) is 0 Å². The fraction of sp³-hybridized carbons (Fsp3) is 0.429. The Morgan fingerprint density at radius 2 is 1.91 bits per heavy atom. The van der Waals surface area contributed by atoms with Crippen molar-refractivity contribution in [2.45, 2.75) is 37.4 Å². The van der Waals surface area contributed by atoms with Gasteiger partial charge in [-0.2, -0.15) is 15.0 Å². The molecular weight excluding hydrogens is 338 g/mol. The molecule has 0 aliphatic heterocycles. The van der Waals surface area contributed by atoms with Crippen LogP contribution in [-0.4, -0.2) is 40.7 Å². The van der Waals surface area contributed by atoms with Gasteiger partial charge in [0.2, 0.25) is 21.1 Å². The minimum Gasteiger partial charge on any atom is -0.351 e. The highest BCUT2D eigenvalue weighted by Crippen LogP contribution is 2.14. The van der Waals surface area contributed by atoms with Crippen molar-refractivity contribution in [3.05, 3.63) is 35.4 Å². The zero-order chi connectivity index (χ0) is 16.9. The molecule has 0 saturated carbocycles. The molecular formula is C14H18ClN5O2S. The second-order valence-electron chi connectivity index (χ2n) is 5.13. The number of nitrogens with one attached hydrogen (secondary N) is 1. The number of aryl methyl sites for hydroxylation is 1. The van der Waals surface area contributed by atoms with Crippen molar-refractivity contribution in [2.24, 2.45) is 0 Å². The molecule has 124 valence electrons. The maximum Gasteiger partial charge on any atom is 0.252 e. The average molecular weight is 356 g/mol.